The highest BCUT2D eigenvalue weighted by molar-refractivity contribution is 8.01. The van der Waals surface area contributed by atoms with Gasteiger partial charge in [0.1, 0.15) is 10.9 Å². The molecule has 0 aliphatic carbocycles. The van der Waals surface area contributed by atoms with E-state index in [-0.39, 0.29) is 11.0 Å². The molecule has 1 unspecified atom stereocenters. The number of aromatic nitrogens is 2. The summed E-state index contributed by atoms with van der Waals surface area (Å²) in [6.07, 6.45) is 2.18. The van der Waals surface area contributed by atoms with Crippen LogP contribution in [0.5, 0.6) is 0 Å². The number of carbonyl (C=O) groups excluding carboxylic acids is 1. The highest BCUT2D eigenvalue weighted by Crippen LogP contribution is 2.45. The van der Waals surface area contributed by atoms with E-state index < -0.39 is 0 Å². The summed E-state index contributed by atoms with van der Waals surface area (Å²) >= 11 is 1.56. The van der Waals surface area contributed by atoms with Crippen LogP contribution in [0.15, 0.2) is 60.7 Å². The minimum Gasteiger partial charge on any atom is -0.356 e. The smallest absolute Gasteiger partial charge is 0.205 e. The van der Waals surface area contributed by atoms with Gasteiger partial charge in [-0.15, -0.1) is 0 Å². The standard InChI is InChI=1S/C23H26N4OS/c1-3-4-15-24-23-25-22-19(26(23)2)20(28)21(18-13-9-6-10-14-18)29-27(22)16-17-11-7-5-8-12-17/h5-14,21H,3-4,15-16H2,1-2H3,(H,24,25). The molecular formula is C23H26N4OS. The lowest BCUT2D eigenvalue weighted by molar-refractivity contribution is 0.0981. The molecule has 0 radical (unpaired) electrons. The number of hydrogen-bond acceptors (Lipinski definition) is 5. The van der Waals surface area contributed by atoms with Gasteiger partial charge >= 0.3 is 0 Å². The highest BCUT2D eigenvalue weighted by atomic mass is 32.2. The molecule has 5 nitrogen and oxygen atoms in total. The summed E-state index contributed by atoms with van der Waals surface area (Å²) in [6, 6.07) is 20.3. The summed E-state index contributed by atoms with van der Waals surface area (Å²) in [6.45, 7) is 3.71. The number of nitrogens with zero attached hydrogens (tertiary/aromatic N) is 3. The van der Waals surface area contributed by atoms with Gasteiger partial charge in [-0.05, 0) is 29.5 Å². The lowest BCUT2D eigenvalue weighted by atomic mass is 10.1. The normalized spacial score (nSPS) is 16.0. The molecule has 4 rings (SSSR count). The first-order valence-corrected chi connectivity index (χ1v) is 10.9. The first-order valence-electron chi connectivity index (χ1n) is 10.1. The zero-order valence-electron chi connectivity index (χ0n) is 16.8. The van der Waals surface area contributed by atoms with Crippen LogP contribution in [0, 0.1) is 0 Å². The van der Waals surface area contributed by atoms with Gasteiger partial charge in [0.05, 0.1) is 6.54 Å². The Morgan fingerprint density at radius 1 is 1.07 bits per heavy atom. The predicted octanol–water partition coefficient (Wildman–Crippen LogP) is 5.22. The second kappa shape index (κ2) is 8.74. The number of unbranched alkanes of at least 4 members (excludes halogenated alkanes) is 1. The van der Waals surface area contributed by atoms with Crippen molar-refractivity contribution in [2.75, 3.05) is 16.2 Å². The number of fused-ring (bicyclic) bond motifs is 1. The van der Waals surface area contributed by atoms with E-state index in [1.807, 2.05) is 60.1 Å². The molecule has 2 aromatic carbocycles. The molecule has 1 aliphatic heterocycles. The zero-order chi connectivity index (χ0) is 20.2. The molecule has 0 spiro atoms. The second-order valence-electron chi connectivity index (χ2n) is 7.23. The Balaban J connectivity index is 1.72. The average molecular weight is 407 g/mol. The van der Waals surface area contributed by atoms with Crippen molar-refractivity contribution in [2.24, 2.45) is 7.05 Å². The minimum atomic E-state index is -0.272. The molecular weight excluding hydrogens is 380 g/mol. The van der Waals surface area contributed by atoms with Gasteiger partial charge in [0.25, 0.3) is 0 Å². The fourth-order valence-electron chi connectivity index (χ4n) is 3.52. The maximum absolute atomic E-state index is 13.4. The highest BCUT2D eigenvalue weighted by Gasteiger charge is 2.38. The third-order valence-electron chi connectivity index (χ3n) is 5.10. The van der Waals surface area contributed by atoms with Crippen LogP contribution in [-0.4, -0.2) is 21.9 Å². The Hall–Kier alpha value is -2.73. The van der Waals surface area contributed by atoms with E-state index in [0.29, 0.717) is 12.2 Å². The molecule has 0 saturated heterocycles. The SMILES string of the molecule is CCCCNc1nc2c(n1C)C(=O)C(c1ccccc1)SN2Cc1ccccc1. The van der Waals surface area contributed by atoms with Gasteiger partial charge in [0, 0.05) is 13.6 Å². The van der Waals surface area contributed by atoms with E-state index >= 15 is 0 Å². The van der Waals surface area contributed by atoms with Gasteiger partial charge < -0.3 is 9.88 Å². The van der Waals surface area contributed by atoms with Gasteiger partial charge in [-0.25, -0.2) is 0 Å². The van der Waals surface area contributed by atoms with Crippen LogP contribution in [0.2, 0.25) is 0 Å². The van der Waals surface area contributed by atoms with Crippen molar-refractivity contribution in [2.45, 2.75) is 31.6 Å². The molecule has 150 valence electrons. The maximum atomic E-state index is 13.4. The van der Waals surface area contributed by atoms with Crippen LogP contribution in [0.4, 0.5) is 11.8 Å². The van der Waals surface area contributed by atoms with Gasteiger partial charge in [-0.2, -0.15) is 4.98 Å². The summed E-state index contributed by atoms with van der Waals surface area (Å²) in [5.74, 6) is 1.61. The van der Waals surface area contributed by atoms with Crippen molar-refractivity contribution < 1.29 is 4.79 Å². The van der Waals surface area contributed by atoms with Crippen LogP contribution in [-0.2, 0) is 13.6 Å². The third kappa shape index (κ3) is 4.03. The molecule has 6 heteroatoms. The molecule has 0 amide bonds. The Morgan fingerprint density at radius 2 is 1.76 bits per heavy atom. The predicted molar refractivity (Wildman–Crippen MR) is 120 cm³/mol. The summed E-state index contributed by atoms with van der Waals surface area (Å²) in [5, 5.41) is 3.12. The van der Waals surface area contributed by atoms with Gasteiger partial charge in [-0.1, -0.05) is 74.0 Å². The van der Waals surface area contributed by atoms with E-state index in [1.54, 1.807) is 11.9 Å². The lowest BCUT2D eigenvalue weighted by Gasteiger charge is -2.31. The van der Waals surface area contributed by atoms with Crippen molar-refractivity contribution in [1.82, 2.24) is 9.55 Å². The topological polar surface area (TPSA) is 50.2 Å². The number of nitrogens with one attached hydrogen (secondary N) is 1. The van der Waals surface area contributed by atoms with Crippen LogP contribution in [0.25, 0.3) is 0 Å². The second-order valence-corrected chi connectivity index (χ2v) is 8.35. The molecule has 0 bridgehead atoms. The van der Waals surface area contributed by atoms with Crippen molar-refractivity contribution in [1.29, 1.82) is 0 Å². The fourth-order valence-corrected chi connectivity index (χ4v) is 4.71. The summed E-state index contributed by atoms with van der Waals surface area (Å²) in [4.78, 5) is 18.3. The number of hydrogen-bond donors (Lipinski definition) is 1. The number of Topliss-reactive ketones (excluding diaryl/α,β-unsaturated/α-hetero) is 1. The fraction of sp³-hybridized carbons (Fsp3) is 0.304. The molecule has 1 aliphatic rings. The average Bonchev–Trinajstić information content (AvgIpc) is 3.09. The summed E-state index contributed by atoms with van der Waals surface area (Å²) in [5.41, 5.74) is 2.89. The minimum absolute atomic E-state index is 0.110. The number of carbonyl (C=O) groups is 1. The van der Waals surface area contributed by atoms with Crippen molar-refractivity contribution >= 4 is 29.5 Å². The van der Waals surface area contributed by atoms with Crippen molar-refractivity contribution in [3.63, 3.8) is 0 Å². The molecule has 29 heavy (non-hydrogen) atoms. The number of anilines is 2. The third-order valence-corrected chi connectivity index (χ3v) is 6.36. The Kier molecular flexibility index (Phi) is 5.90. The van der Waals surface area contributed by atoms with Gasteiger partial charge in [-0.3, -0.25) is 9.10 Å². The van der Waals surface area contributed by atoms with Gasteiger partial charge in [0.2, 0.25) is 11.7 Å². The molecule has 0 fully saturated rings. The number of ketones is 1. The van der Waals surface area contributed by atoms with E-state index in [9.17, 15) is 4.79 Å². The monoisotopic (exact) mass is 406 g/mol. The summed E-state index contributed by atoms with van der Waals surface area (Å²) in [7, 11) is 1.93. The Labute approximate surface area is 176 Å². The van der Waals surface area contributed by atoms with E-state index in [4.69, 9.17) is 4.98 Å². The first-order chi connectivity index (χ1) is 14.2. The molecule has 0 saturated carbocycles. The maximum Gasteiger partial charge on any atom is 0.205 e. The molecule has 1 N–H and O–H groups in total. The van der Waals surface area contributed by atoms with Crippen LogP contribution < -0.4 is 9.62 Å². The van der Waals surface area contributed by atoms with Crippen molar-refractivity contribution in [3.05, 3.63) is 77.5 Å². The van der Waals surface area contributed by atoms with E-state index in [2.05, 4.69) is 28.7 Å². The van der Waals surface area contributed by atoms with E-state index in [1.165, 1.54) is 5.56 Å². The van der Waals surface area contributed by atoms with Crippen LogP contribution in [0.3, 0.4) is 0 Å². The van der Waals surface area contributed by atoms with Gasteiger partial charge in [0.15, 0.2) is 5.82 Å². The first kappa shape index (κ1) is 19.6. The molecule has 3 aromatic rings. The number of benzene rings is 2. The van der Waals surface area contributed by atoms with Crippen molar-refractivity contribution in [3.8, 4) is 0 Å². The molecule has 1 atom stereocenters. The lowest BCUT2D eigenvalue weighted by Crippen LogP contribution is -2.28. The quantitative estimate of drug-likeness (QED) is 0.430. The Morgan fingerprint density at radius 3 is 2.45 bits per heavy atom. The zero-order valence-corrected chi connectivity index (χ0v) is 17.7. The van der Waals surface area contributed by atoms with Crippen LogP contribution >= 0.6 is 11.9 Å². The molecule has 2 heterocycles. The van der Waals surface area contributed by atoms with Crippen LogP contribution in [0.1, 0.15) is 46.6 Å². The largest absolute Gasteiger partial charge is 0.356 e. The molecule has 1 aromatic heterocycles. The Bertz CT molecular complexity index is 971. The number of rotatable bonds is 7. The summed E-state index contributed by atoms with van der Waals surface area (Å²) < 4.78 is 4.08. The van der Waals surface area contributed by atoms with E-state index in [0.717, 1.165) is 36.7 Å². The number of imidazole rings is 1.